The lowest BCUT2D eigenvalue weighted by molar-refractivity contribution is -0.121. The van der Waals surface area contributed by atoms with Crippen LogP contribution in [-0.2, 0) is 22.6 Å². The molecule has 0 aliphatic carbocycles. The van der Waals surface area contributed by atoms with Gasteiger partial charge in [-0.05, 0) is 36.2 Å². The monoisotopic (exact) mass is 384 g/mol. The average Bonchev–Trinajstić information content (AvgIpc) is 2.71. The van der Waals surface area contributed by atoms with Gasteiger partial charge < -0.3 is 14.8 Å². The summed E-state index contributed by atoms with van der Waals surface area (Å²) >= 11 is 0. The second kappa shape index (κ2) is 10.7. The fourth-order valence-corrected chi connectivity index (χ4v) is 2.41. The molecular formula is C20H24N4O4. The second-order valence-electron chi connectivity index (χ2n) is 6.06. The zero-order valence-corrected chi connectivity index (χ0v) is 16.2. The van der Waals surface area contributed by atoms with Crippen LogP contribution in [0.2, 0.25) is 0 Å². The Kier molecular flexibility index (Phi) is 7.95. The molecule has 0 fully saturated rings. The molecule has 8 heteroatoms. The van der Waals surface area contributed by atoms with Crippen molar-refractivity contribution in [2.75, 3.05) is 14.2 Å². The number of carbonyl (C=O) groups is 2. The first-order chi connectivity index (χ1) is 13.5. The van der Waals surface area contributed by atoms with Crippen LogP contribution < -0.4 is 20.2 Å². The highest BCUT2D eigenvalue weighted by Gasteiger charge is 2.09. The molecule has 0 saturated heterocycles. The fraction of sp³-hybridized carbons (Fsp3) is 0.300. The molecule has 0 aliphatic rings. The summed E-state index contributed by atoms with van der Waals surface area (Å²) in [6.07, 6.45) is 3.59. The predicted octanol–water partition coefficient (Wildman–Crippen LogP) is 1.84. The number of hydrazone groups is 1. The van der Waals surface area contributed by atoms with Gasteiger partial charge in [-0.2, -0.15) is 5.10 Å². The molecule has 8 nitrogen and oxygen atoms in total. The van der Waals surface area contributed by atoms with Crippen LogP contribution >= 0.6 is 0 Å². The Hall–Kier alpha value is -3.42. The van der Waals surface area contributed by atoms with E-state index in [1.807, 2.05) is 12.1 Å². The third kappa shape index (κ3) is 6.71. The Bertz CT molecular complexity index is 837. The van der Waals surface area contributed by atoms with Crippen LogP contribution in [0.3, 0.4) is 0 Å². The molecule has 148 valence electrons. The summed E-state index contributed by atoms with van der Waals surface area (Å²) in [7, 11) is 3.09. The van der Waals surface area contributed by atoms with E-state index in [0.717, 1.165) is 11.1 Å². The number of methoxy groups -OCH3 is 2. The van der Waals surface area contributed by atoms with E-state index >= 15 is 0 Å². The summed E-state index contributed by atoms with van der Waals surface area (Å²) in [5.41, 5.74) is 4.64. The van der Waals surface area contributed by atoms with Crippen molar-refractivity contribution in [2.24, 2.45) is 5.10 Å². The lowest BCUT2D eigenvalue weighted by Crippen LogP contribution is -2.26. The van der Waals surface area contributed by atoms with Gasteiger partial charge in [-0.1, -0.05) is 12.1 Å². The molecule has 1 aromatic heterocycles. The number of ether oxygens (including phenoxy) is 2. The summed E-state index contributed by atoms with van der Waals surface area (Å²) in [5, 5.41) is 6.76. The van der Waals surface area contributed by atoms with Gasteiger partial charge in [0.05, 0.1) is 27.1 Å². The van der Waals surface area contributed by atoms with Gasteiger partial charge >= 0.3 is 0 Å². The number of amides is 2. The zero-order valence-electron chi connectivity index (χ0n) is 16.2. The molecule has 2 aromatic rings. The van der Waals surface area contributed by atoms with Crippen molar-refractivity contribution in [3.05, 3.63) is 53.9 Å². The molecule has 0 bridgehead atoms. The molecule has 0 radical (unpaired) electrons. The summed E-state index contributed by atoms with van der Waals surface area (Å²) in [6, 6.07) is 8.94. The number of pyridine rings is 1. The number of nitrogens with one attached hydrogen (secondary N) is 2. The molecule has 0 saturated carbocycles. The number of aromatic nitrogens is 1. The number of benzene rings is 1. The van der Waals surface area contributed by atoms with Gasteiger partial charge in [-0.25, -0.2) is 5.43 Å². The Labute approximate surface area is 164 Å². The highest BCUT2D eigenvalue weighted by Crippen LogP contribution is 2.27. The van der Waals surface area contributed by atoms with Gasteiger partial charge in [0.1, 0.15) is 0 Å². The number of rotatable bonds is 9. The molecule has 1 heterocycles. The first-order valence-electron chi connectivity index (χ1n) is 8.70. The van der Waals surface area contributed by atoms with E-state index in [0.29, 0.717) is 23.8 Å². The maximum atomic E-state index is 12.1. The Morgan fingerprint density at radius 1 is 1.07 bits per heavy atom. The summed E-state index contributed by atoms with van der Waals surface area (Å²) < 4.78 is 10.4. The molecular weight excluding hydrogens is 360 g/mol. The summed E-state index contributed by atoms with van der Waals surface area (Å²) in [4.78, 5) is 28.0. The van der Waals surface area contributed by atoms with E-state index in [2.05, 4.69) is 20.8 Å². The van der Waals surface area contributed by atoms with E-state index in [9.17, 15) is 9.59 Å². The van der Waals surface area contributed by atoms with Crippen LogP contribution in [-0.4, -0.2) is 36.7 Å². The topological polar surface area (TPSA) is 102 Å². The SMILES string of the molecule is COc1ccc(CC(=O)N/N=C(\C)CC(=O)NCc2cccnc2)cc1OC. The highest BCUT2D eigenvalue weighted by molar-refractivity contribution is 6.00. The van der Waals surface area contributed by atoms with Gasteiger partial charge in [0, 0.05) is 24.7 Å². The Balaban J connectivity index is 1.80. The highest BCUT2D eigenvalue weighted by atomic mass is 16.5. The standard InChI is InChI=1S/C20H24N4O4/c1-14(9-19(25)22-13-16-5-4-8-21-12-16)23-24-20(26)11-15-6-7-17(27-2)18(10-15)28-3/h4-8,10,12H,9,11,13H2,1-3H3,(H,22,25)(H,24,26)/b23-14+. The second-order valence-corrected chi connectivity index (χ2v) is 6.06. The van der Waals surface area contributed by atoms with E-state index in [1.165, 1.54) is 7.11 Å². The summed E-state index contributed by atoms with van der Waals surface area (Å²) in [6.45, 7) is 2.08. The lowest BCUT2D eigenvalue weighted by atomic mass is 10.1. The molecule has 0 atom stereocenters. The minimum atomic E-state index is -0.290. The Morgan fingerprint density at radius 3 is 2.54 bits per heavy atom. The largest absolute Gasteiger partial charge is 0.493 e. The molecule has 0 spiro atoms. The number of hydrogen-bond acceptors (Lipinski definition) is 6. The Morgan fingerprint density at radius 2 is 1.86 bits per heavy atom. The quantitative estimate of drug-likeness (QED) is 0.507. The number of nitrogens with zero attached hydrogens (tertiary/aromatic N) is 2. The molecule has 2 N–H and O–H groups in total. The maximum Gasteiger partial charge on any atom is 0.244 e. The lowest BCUT2D eigenvalue weighted by Gasteiger charge is -2.09. The number of carbonyl (C=O) groups excluding carboxylic acids is 2. The smallest absolute Gasteiger partial charge is 0.244 e. The molecule has 28 heavy (non-hydrogen) atoms. The van der Waals surface area contributed by atoms with Gasteiger partial charge in [0.25, 0.3) is 0 Å². The van der Waals surface area contributed by atoms with Gasteiger partial charge in [-0.15, -0.1) is 0 Å². The first kappa shape index (κ1) is 20.9. The molecule has 0 aliphatic heterocycles. The third-order valence-electron chi connectivity index (χ3n) is 3.81. The van der Waals surface area contributed by atoms with Crippen LogP contribution in [0.25, 0.3) is 0 Å². The van der Waals surface area contributed by atoms with Crippen molar-refractivity contribution in [3.8, 4) is 11.5 Å². The van der Waals surface area contributed by atoms with Crippen LogP contribution in [0.15, 0.2) is 47.8 Å². The average molecular weight is 384 g/mol. The third-order valence-corrected chi connectivity index (χ3v) is 3.81. The normalized spacial score (nSPS) is 10.9. The van der Waals surface area contributed by atoms with E-state index in [1.54, 1.807) is 44.6 Å². The maximum absolute atomic E-state index is 12.1. The van der Waals surface area contributed by atoms with Crippen LogP contribution in [0.1, 0.15) is 24.5 Å². The van der Waals surface area contributed by atoms with Crippen LogP contribution in [0.5, 0.6) is 11.5 Å². The molecule has 2 amide bonds. The molecule has 1 aromatic carbocycles. The minimum absolute atomic E-state index is 0.0941. The fourth-order valence-electron chi connectivity index (χ4n) is 2.41. The van der Waals surface area contributed by atoms with Crippen molar-refractivity contribution in [3.63, 3.8) is 0 Å². The van der Waals surface area contributed by atoms with Gasteiger partial charge in [0.15, 0.2) is 11.5 Å². The molecule has 0 unspecified atom stereocenters. The van der Waals surface area contributed by atoms with Crippen molar-refractivity contribution in [1.82, 2.24) is 15.7 Å². The van der Waals surface area contributed by atoms with Crippen LogP contribution in [0.4, 0.5) is 0 Å². The van der Waals surface area contributed by atoms with Crippen molar-refractivity contribution in [2.45, 2.75) is 26.3 Å². The van der Waals surface area contributed by atoms with E-state index in [-0.39, 0.29) is 24.7 Å². The minimum Gasteiger partial charge on any atom is -0.493 e. The first-order valence-corrected chi connectivity index (χ1v) is 8.70. The van der Waals surface area contributed by atoms with E-state index < -0.39 is 0 Å². The van der Waals surface area contributed by atoms with Crippen LogP contribution in [0, 0.1) is 0 Å². The van der Waals surface area contributed by atoms with Gasteiger partial charge in [-0.3, -0.25) is 14.6 Å². The predicted molar refractivity (Wildman–Crippen MR) is 105 cm³/mol. The van der Waals surface area contributed by atoms with Crippen molar-refractivity contribution >= 4 is 17.5 Å². The zero-order chi connectivity index (χ0) is 20.4. The van der Waals surface area contributed by atoms with Crippen molar-refractivity contribution in [1.29, 1.82) is 0 Å². The molecule has 2 rings (SSSR count). The number of hydrogen-bond donors (Lipinski definition) is 2. The summed E-state index contributed by atoms with van der Waals surface area (Å²) in [5.74, 6) is 0.678. The van der Waals surface area contributed by atoms with Crippen molar-refractivity contribution < 1.29 is 19.1 Å². The van der Waals surface area contributed by atoms with E-state index in [4.69, 9.17) is 9.47 Å². The van der Waals surface area contributed by atoms with Gasteiger partial charge in [0.2, 0.25) is 11.8 Å².